The molecule has 0 saturated carbocycles. The fourth-order valence-corrected chi connectivity index (χ4v) is 1.97. The van der Waals surface area contributed by atoms with Gasteiger partial charge in [-0.25, -0.2) is 4.39 Å². The van der Waals surface area contributed by atoms with Gasteiger partial charge >= 0.3 is 6.36 Å². The lowest BCUT2D eigenvalue weighted by atomic mass is 10.1. The van der Waals surface area contributed by atoms with Gasteiger partial charge in [0.25, 0.3) is 0 Å². The van der Waals surface area contributed by atoms with Crippen LogP contribution in [-0.4, -0.2) is 17.1 Å². The van der Waals surface area contributed by atoms with E-state index in [1.807, 2.05) is 0 Å². The quantitative estimate of drug-likeness (QED) is 0.608. The minimum Gasteiger partial charge on any atom is -0.403 e. The van der Waals surface area contributed by atoms with E-state index in [0.29, 0.717) is 10.5 Å². The molecule has 0 amide bonds. The van der Waals surface area contributed by atoms with Crippen molar-refractivity contribution < 1.29 is 27.1 Å². The minimum absolute atomic E-state index is 0.0291. The Morgan fingerprint density at radius 1 is 1.24 bits per heavy atom. The highest BCUT2D eigenvalue weighted by atomic mass is 79.9. The zero-order valence-corrected chi connectivity index (χ0v) is 11.7. The van der Waals surface area contributed by atoms with E-state index < -0.39 is 23.7 Å². The van der Waals surface area contributed by atoms with Gasteiger partial charge in [-0.3, -0.25) is 9.78 Å². The van der Waals surface area contributed by atoms with Crippen molar-refractivity contribution in [3.05, 3.63) is 58.1 Å². The molecule has 0 bridgehead atoms. The number of carbonyl (C=O) groups is 1. The molecule has 0 aliphatic rings. The van der Waals surface area contributed by atoms with E-state index in [9.17, 15) is 22.4 Å². The third kappa shape index (κ3) is 3.78. The van der Waals surface area contributed by atoms with E-state index in [4.69, 9.17) is 0 Å². The number of aromatic nitrogens is 1. The Labute approximate surface area is 124 Å². The lowest BCUT2D eigenvalue weighted by Gasteiger charge is -2.10. The summed E-state index contributed by atoms with van der Waals surface area (Å²) < 4.78 is 53.5. The molecule has 0 atom stereocenters. The Morgan fingerprint density at radius 2 is 1.95 bits per heavy atom. The summed E-state index contributed by atoms with van der Waals surface area (Å²) >= 11 is 3.12. The maximum Gasteiger partial charge on any atom is 0.573 e. The molecule has 21 heavy (non-hydrogen) atoms. The first-order valence-electron chi connectivity index (χ1n) is 5.48. The summed E-state index contributed by atoms with van der Waals surface area (Å²) in [5.74, 6) is -2.91. The maximum atomic E-state index is 13.5. The molecule has 0 spiro atoms. The molecule has 0 saturated heterocycles. The molecular weight excluding hydrogens is 358 g/mol. The van der Waals surface area contributed by atoms with Gasteiger partial charge in [0.15, 0.2) is 11.6 Å². The zero-order valence-electron chi connectivity index (χ0n) is 10.1. The van der Waals surface area contributed by atoms with Crippen LogP contribution in [0.15, 0.2) is 41.0 Å². The molecule has 0 N–H and O–H groups in total. The Morgan fingerprint density at radius 3 is 2.52 bits per heavy atom. The van der Waals surface area contributed by atoms with Crippen LogP contribution in [0.1, 0.15) is 16.1 Å². The molecule has 0 aliphatic carbocycles. The second-order valence-corrected chi connectivity index (χ2v) is 4.71. The summed E-state index contributed by atoms with van der Waals surface area (Å²) in [6.07, 6.45) is -3.63. The lowest BCUT2D eigenvalue weighted by Crippen LogP contribution is -2.18. The van der Waals surface area contributed by atoms with Crippen LogP contribution >= 0.6 is 15.9 Å². The van der Waals surface area contributed by atoms with Gasteiger partial charge in [0.1, 0.15) is 5.69 Å². The van der Waals surface area contributed by atoms with E-state index in [0.717, 1.165) is 12.1 Å². The van der Waals surface area contributed by atoms with Gasteiger partial charge in [-0.15, -0.1) is 13.2 Å². The number of carbonyl (C=O) groups excluding carboxylic acids is 1. The van der Waals surface area contributed by atoms with E-state index in [1.165, 1.54) is 6.20 Å². The molecule has 1 heterocycles. The van der Waals surface area contributed by atoms with Crippen LogP contribution < -0.4 is 4.74 Å². The first-order valence-corrected chi connectivity index (χ1v) is 6.28. The summed E-state index contributed by atoms with van der Waals surface area (Å²) in [7, 11) is 0. The smallest absolute Gasteiger partial charge is 0.403 e. The number of alkyl halides is 3. The number of ether oxygens (including phenoxy) is 1. The standard InChI is InChI=1S/C13H6BrF4NO2/c14-8-2-1-5-19-11(8)12(20)7-3-4-10(9(15)6-7)21-13(16,17)18/h1-6H. The number of hydrogen-bond donors (Lipinski definition) is 0. The van der Waals surface area contributed by atoms with Crippen molar-refractivity contribution in [1.29, 1.82) is 0 Å². The maximum absolute atomic E-state index is 13.5. The summed E-state index contributed by atoms with van der Waals surface area (Å²) in [5, 5.41) is 0. The number of hydrogen-bond acceptors (Lipinski definition) is 3. The van der Waals surface area contributed by atoms with Crippen LogP contribution in [0.25, 0.3) is 0 Å². The van der Waals surface area contributed by atoms with E-state index in [1.54, 1.807) is 12.1 Å². The average molecular weight is 364 g/mol. The van der Waals surface area contributed by atoms with Gasteiger partial charge in [0.05, 0.1) is 0 Å². The minimum atomic E-state index is -5.00. The Kier molecular flexibility index (Phi) is 4.26. The van der Waals surface area contributed by atoms with E-state index in [2.05, 4.69) is 25.7 Å². The summed E-state index contributed by atoms with van der Waals surface area (Å²) in [4.78, 5) is 15.9. The van der Waals surface area contributed by atoms with Crippen molar-refractivity contribution in [3.63, 3.8) is 0 Å². The highest BCUT2D eigenvalue weighted by molar-refractivity contribution is 9.10. The van der Waals surface area contributed by atoms with Crippen molar-refractivity contribution in [2.45, 2.75) is 6.36 Å². The fraction of sp³-hybridized carbons (Fsp3) is 0.0769. The number of nitrogens with zero attached hydrogens (tertiary/aromatic N) is 1. The van der Waals surface area contributed by atoms with Gasteiger partial charge in [-0.1, -0.05) is 0 Å². The van der Waals surface area contributed by atoms with E-state index in [-0.39, 0.29) is 11.3 Å². The highest BCUT2D eigenvalue weighted by Crippen LogP contribution is 2.27. The number of halogens is 5. The normalized spacial score (nSPS) is 11.3. The van der Waals surface area contributed by atoms with Crippen molar-refractivity contribution in [2.24, 2.45) is 0 Å². The Balaban J connectivity index is 2.32. The third-order valence-corrected chi connectivity index (χ3v) is 3.03. The molecule has 110 valence electrons. The highest BCUT2D eigenvalue weighted by Gasteiger charge is 2.32. The monoisotopic (exact) mass is 363 g/mol. The van der Waals surface area contributed by atoms with E-state index >= 15 is 0 Å². The SMILES string of the molecule is O=C(c1ccc(OC(F)(F)F)c(F)c1)c1ncccc1Br. The first-order chi connectivity index (χ1) is 9.78. The molecule has 0 unspecified atom stereocenters. The molecular formula is C13H6BrF4NO2. The zero-order chi connectivity index (χ0) is 15.6. The second kappa shape index (κ2) is 5.80. The topological polar surface area (TPSA) is 39.2 Å². The number of rotatable bonds is 3. The van der Waals surface area contributed by atoms with Gasteiger partial charge in [0, 0.05) is 16.2 Å². The molecule has 0 aliphatic heterocycles. The van der Waals surface area contributed by atoms with Gasteiger partial charge in [0.2, 0.25) is 5.78 Å². The van der Waals surface area contributed by atoms with Crippen LogP contribution in [0.2, 0.25) is 0 Å². The van der Waals surface area contributed by atoms with Gasteiger partial charge < -0.3 is 4.74 Å². The predicted octanol–water partition coefficient (Wildman–Crippen LogP) is 4.11. The second-order valence-electron chi connectivity index (χ2n) is 3.86. The first kappa shape index (κ1) is 15.4. The van der Waals surface area contributed by atoms with Crippen LogP contribution in [0.5, 0.6) is 5.75 Å². The fourth-order valence-electron chi connectivity index (χ4n) is 1.54. The third-order valence-electron chi connectivity index (χ3n) is 2.39. The van der Waals surface area contributed by atoms with Gasteiger partial charge in [-0.05, 0) is 46.3 Å². The molecule has 8 heteroatoms. The molecule has 1 aromatic heterocycles. The van der Waals surface area contributed by atoms with Crippen LogP contribution in [0.4, 0.5) is 17.6 Å². The number of ketones is 1. The molecule has 3 nitrogen and oxygen atoms in total. The predicted molar refractivity (Wildman–Crippen MR) is 68.5 cm³/mol. The van der Waals surface area contributed by atoms with Crippen LogP contribution in [0.3, 0.4) is 0 Å². The number of benzene rings is 1. The largest absolute Gasteiger partial charge is 0.573 e. The van der Waals surface area contributed by atoms with Crippen molar-refractivity contribution in [3.8, 4) is 5.75 Å². The van der Waals surface area contributed by atoms with Crippen LogP contribution in [0, 0.1) is 5.82 Å². The van der Waals surface area contributed by atoms with Crippen molar-refractivity contribution in [2.75, 3.05) is 0 Å². The van der Waals surface area contributed by atoms with Gasteiger partial charge in [-0.2, -0.15) is 0 Å². The molecule has 2 rings (SSSR count). The summed E-state index contributed by atoms with van der Waals surface area (Å²) in [6.45, 7) is 0. The molecule has 2 aromatic rings. The van der Waals surface area contributed by atoms with Crippen LogP contribution in [-0.2, 0) is 0 Å². The molecule has 0 radical (unpaired) electrons. The summed E-state index contributed by atoms with van der Waals surface area (Å²) in [6, 6.07) is 5.60. The van der Waals surface area contributed by atoms with Crippen molar-refractivity contribution >= 4 is 21.7 Å². The average Bonchev–Trinajstić information content (AvgIpc) is 2.39. The Hall–Kier alpha value is -1.96. The molecule has 0 fully saturated rings. The molecule has 1 aromatic carbocycles. The Bertz CT molecular complexity index is 688. The summed E-state index contributed by atoms with van der Waals surface area (Å²) in [5.41, 5.74) is -0.109. The van der Waals surface area contributed by atoms with Crippen molar-refractivity contribution in [1.82, 2.24) is 4.98 Å². The lowest BCUT2D eigenvalue weighted by molar-refractivity contribution is -0.275. The number of pyridine rings is 1.